The quantitative estimate of drug-likeness (QED) is 0.481. The molecule has 0 radical (unpaired) electrons. The number of anilines is 1. The molecule has 0 unspecified atom stereocenters. The number of hydrogen-bond donors (Lipinski definition) is 2. The molecule has 154 valence electrons. The lowest BCUT2D eigenvalue weighted by molar-refractivity contribution is -0.137. The predicted octanol–water partition coefficient (Wildman–Crippen LogP) is 4.28. The summed E-state index contributed by atoms with van der Waals surface area (Å²) in [4.78, 5) is 28.1. The van der Waals surface area contributed by atoms with Gasteiger partial charge in [0.15, 0.2) is 0 Å². The van der Waals surface area contributed by atoms with E-state index in [1.807, 2.05) is 16.7 Å². The van der Waals surface area contributed by atoms with Crippen LogP contribution in [0.1, 0.15) is 39.0 Å². The monoisotopic (exact) mass is 416 g/mol. The van der Waals surface area contributed by atoms with Gasteiger partial charge in [-0.05, 0) is 25.0 Å². The zero-order chi connectivity index (χ0) is 20.8. The number of benzene rings is 1. The average molecular weight is 417 g/mol. The number of carbonyl (C=O) groups is 1. The molecule has 1 aromatic carbocycles. The average Bonchev–Trinajstić information content (AvgIpc) is 3.14. The lowest BCUT2D eigenvalue weighted by Crippen LogP contribution is -2.21. The molecular formula is C21H25ClN4O3. The molecule has 8 heteroatoms. The third-order valence-electron chi connectivity index (χ3n) is 4.72. The van der Waals surface area contributed by atoms with Gasteiger partial charge >= 0.3 is 5.97 Å². The second kappa shape index (κ2) is 9.60. The van der Waals surface area contributed by atoms with Crippen LogP contribution in [0.15, 0.2) is 41.3 Å². The highest BCUT2D eigenvalue weighted by atomic mass is 35.5. The van der Waals surface area contributed by atoms with Crippen molar-refractivity contribution in [2.75, 3.05) is 11.9 Å². The van der Waals surface area contributed by atoms with Crippen molar-refractivity contribution in [3.63, 3.8) is 0 Å². The molecule has 2 N–H and O–H groups in total. The summed E-state index contributed by atoms with van der Waals surface area (Å²) >= 11 is 5.98. The molecule has 3 aromatic rings. The van der Waals surface area contributed by atoms with Gasteiger partial charge in [0.25, 0.3) is 5.56 Å². The number of hydrogen-bond acceptors (Lipinski definition) is 4. The van der Waals surface area contributed by atoms with E-state index in [0.29, 0.717) is 35.3 Å². The lowest BCUT2D eigenvalue weighted by atomic mass is 10.2. The Morgan fingerprint density at radius 1 is 1.21 bits per heavy atom. The van der Waals surface area contributed by atoms with Crippen LogP contribution in [0, 0.1) is 0 Å². The van der Waals surface area contributed by atoms with Crippen molar-refractivity contribution in [1.29, 1.82) is 0 Å². The Morgan fingerprint density at radius 2 is 1.97 bits per heavy atom. The van der Waals surface area contributed by atoms with Crippen molar-refractivity contribution in [3.05, 3.63) is 51.9 Å². The fourth-order valence-corrected chi connectivity index (χ4v) is 3.32. The van der Waals surface area contributed by atoms with Crippen LogP contribution >= 0.6 is 11.6 Å². The Labute approximate surface area is 174 Å². The van der Waals surface area contributed by atoms with Gasteiger partial charge in [-0.2, -0.15) is 0 Å². The lowest BCUT2D eigenvalue weighted by Gasteiger charge is -2.16. The number of rotatable bonds is 10. The van der Waals surface area contributed by atoms with Crippen LogP contribution in [0.5, 0.6) is 0 Å². The third-order valence-corrected chi connectivity index (χ3v) is 4.97. The van der Waals surface area contributed by atoms with Crippen LogP contribution in [0.3, 0.4) is 0 Å². The topological polar surface area (TPSA) is 88.6 Å². The molecule has 0 aliphatic heterocycles. The maximum atomic E-state index is 12.7. The highest BCUT2D eigenvalue weighted by molar-refractivity contribution is 6.30. The fraction of sp³-hybridized carbons (Fsp3) is 0.381. The second-order valence-corrected chi connectivity index (χ2v) is 7.39. The highest BCUT2D eigenvalue weighted by Gasteiger charge is 2.13. The van der Waals surface area contributed by atoms with Crippen molar-refractivity contribution in [1.82, 2.24) is 14.0 Å². The van der Waals surface area contributed by atoms with Gasteiger partial charge in [-0.15, -0.1) is 0 Å². The van der Waals surface area contributed by atoms with Crippen molar-refractivity contribution in [2.45, 2.75) is 45.6 Å². The van der Waals surface area contributed by atoms with Gasteiger partial charge in [0.05, 0.1) is 5.69 Å². The van der Waals surface area contributed by atoms with E-state index in [2.05, 4.69) is 12.2 Å². The summed E-state index contributed by atoms with van der Waals surface area (Å²) in [5, 5.41) is 12.7. The highest BCUT2D eigenvalue weighted by Crippen LogP contribution is 2.22. The smallest absolute Gasteiger partial charge is 0.303 e. The number of nitrogens with zero attached hydrogens (tertiary/aromatic N) is 3. The molecule has 3 rings (SSSR count). The first-order valence-electron chi connectivity index (χ1n) is 9.84. The van der Waals surface area contributed by atoms with Crippen LogP contribution in [0.2, 0.25) is 5.02 Å². The molecule has 0 atom stereocenters. The van der Waals surface area contributed by atoms with E-state index in [0.717, 1.165) is 31.4 Å². The van der Waals surface area contributed by atoms with Crippen LogP contribution in [-0.4, -0.2) is 31.6 Å². The predicted molar refractivity (Wildman–Crippen MR) is 115 cm³/mol. The van der Waals surface area contributed by atoms with E-state index in [9.17, 15) is 9.59 Å². The minimum Gasteiger partial charge on any atom is -0.481 e. The number of carboxylic acids is 1. The summed E-state index contributed by atoms with van der Waals surface area (Å²) in [6, 6.07) is 8.89. The standard InChI is InChI=1S/C21H25ClN4O3/c1-2-3-4-12-25-18(23-11-5-6-20(28)29)13-19(27)26-14-17(24-21(25)26)15-7-9-16(22)10-8-15/h7-10,13-14,23H,2-6,11-12H2,1H3,(H,28,29). The summed E-state index contributed by atoms with van der Waals surface area (Å²) in [6.07, 6.45) is 5.42. The molecule has 0 amide bonds. The van der Waals surface area contributed by atoms with Crippen molar-refractivity contribution < 1.29 is 9.90 Å². The van der Waals surface area contributed by atoms with Crippen LogP contribution in [0.4, 0.5) is 5.82 Å². The Bertz CT molecular complexity index is 1040. The largest absolute Gasteiger partial charge is 0.481 e. The summed E-state index contributed by atoms with van der Waals surface area (Å²) in [6.45, 7) is 3.33. The molecule has 2 aromatic heterocycles. The van der Waals surface area contributed by atoms with Crippen molar-refractivity contribution >= 4 is 29.2 Å². The molecule has 0 saturated heterocycles. The molecule has 0 aliphatic rings. The van der Waals surface area contributed by atoms with Gasteiger partial charge in [0.1, 0.15) is 5.82 Å². The minimum absolute atomic E-state index is 0.0827. The first-order chi connectivity index (χ1) is 14.0. The van der Waals surface area contributed by atoms with E-state index in [1.54, 1.807) is 28.8 Å². The first kappa shape index (κ1) is 20.9. The van der Waals surface area contributed by atoms with E-state index in [-0.39, 0.29) is 12.0 Å². The zero-order valence-electron chi connectivity index (χ0n) is 16.4. The third kappa shape index (κ3) is 5.17. The van der Waals surface area contributed by atoms with Gasteiger partial charge in [-0.1, -0.05) is 43.5 Å². The van der Waals surface area contributed by atoms with Crippen LogP contribution < -0.4 is 10.9 Å². The number of imidazole rings is 1. The Morgan fingerprint density at radius 3 is 2.66 bits per heavy atom. The fourth-order valence-electron chi connectivity index (χ4n) is 3.20. The number of aromatic nitrogens is 3. The Balaban J connectivity index is 1.98. The molecule has 29 heavy (non-hydrogen) atoms. The Hall–Kier alpha value is -2.80. The number of unbranched alkanes of at least 4 members (excludes halogenated alkanes) is 2. The number of halogens is 1. The first-order valence-corrected chi connectivity index (χ1v) is 10.2. The van der Waals surface area contributed by atoms with Crippen molar-refractivity contribution in [3.8, 4) is 11.3 Å². The molecule has 0 aliphatic carbocycles. The molecule has 0 bridgehead atoms. The molecular weight excluding hydrogens is 392 g/mol. The van der Waals surface area contributed by atoms with Gasteiger partial charge in [-0.25, -0.2) is 4.98 Å². The van der Waals surface area contributed by atoms with Gasteiger partial charge < -0.3 is 10.4 Å². The van der Waals surface area contributed by atoms with Crippen LogP contribution in [0.25, 0.3) is 17.0 Å². The number of fused-ring (bicyclic) bond motifs is 1. The number of aryl methyl sites for hydroxylation is 1. The molecule has 0 spiro atoms. The van der Waals surface area contributed by atoms with Gasteiger partial charge in [-0.3, -0.25) is 18.6 Å². The summed E-state index contributed by atoms with van der Waals surface area (Å²) in [5.41, 5.74) is 1.40. The summed E-state index contributed by atoms with van der Waals surface area (Å²) < 4.78 is 3.55. The molecule has 0 fully saturated rings. The number of nitrogens with one attached hydrogen (secondary N) is 1. The summed E-state index contributed by atoms with van der Waals surface area (Å²) in [7, 11) is 0. The normalized spacial score (nSPS) is 11.1. The van der Waals surface area contributed by atoms with Crippen LogP contribution in [-0.2, 0) is 11.3 Å². The Kier molecular flexibility index (Phi) is 6.93. The zero-order valence-corrected chi connectivity index (χ0v) is 17.2. The number of carboxylic acid groups (broad SMARTS) is 1. The van der Waals surface area contributed by atoms with E-state index < -0.39 is 5.97 Å². The summed E-state index contributed by atoms with van der Waals surface area (Å²) in [5.74, 6) is 0.403. The second-order valence-electron chi connectivity index (χ2n) is 6.95. The number of aliphatic carboxylic acids is 1. The molecule has 0 saturated carbocycles. The van der Waals surface area contributed by atoms with Gasteiger partial charge in [0.2, 0.25) is 5.78 Å². The SMILES string of the molecule is CCCCCn1c(NCCCC(=O)O)cc(=O)n2cc(-c3ccc(Cl)cc3)nc12. The minimum atomic E-state index is -0.830. The maximum absolute atomic E-state index is 12.7. The van der Waals surface area contributed by atoms with Crippen molar-refractivity contribution in [2.24, 2.45) is 0 Å². The van der Waals surface area contributed by atoms with E-state index >= 15 is 0 Å². The van der Waals surface area contributed by atoms with E-state index in [1.165, 1.54) is 0 Å². The molecule has 7 nitrogen and oxygen atoms in total. The maximum Gasteiger partial charge on any atom is 0.303 e. The van der Waals surface area contributed by atoms with Gasteiger partial charge in [0, 0.05) is 42.4 Å². The van der Waals surface area contributed by atoms with E-state index in [4.69, 9.17) is 21.7 Å². The molecule has 2 heterocycles.